The molecular weight excluding hydrogens is 512 g/mol. The number of oxazole rings is 1. The van der Waals surface area contributed by atoms with Crippen LogP contribution in [0.4, 0.5) is 5.82 Å². The number of pyridine rings is 1. The summed E-state index contributed by atoms with van der Waals surface area (Å²) in [4.78, 5) is 36.6. The first kappa shape index (κ1) is 27.6. The van der Waals surface area contributed by atoms with Crippen molar-refractivity contribution < 1.29 is 23.8 Å². The number of aliphatic hydroxyl groups is 1. The molecule has 2 amide bonds. The van der Waals surface area contributed by atoms with Crippen molar-refractivity contribution >= 4 is 17.6 Å². The standard InChI is InChI=1S/C29H36N6O5/c1-20(36)35-10-6-24(7-11-35)33-28-13-22(4-8-31-28)29(38)32-14-25(37)17-34-9-5-21-12-26(3-2-23(21)16-34)39-18-27-15-30-19-40-27/h2-4,8,12-13,15,19,24-25,37H,5-7,9-11,14,16-18H2,1H3,(H,31,33)(H,32,38)/t25-/m0/s1. The summed E-state index contributed by atoms with van der Waals surface area (Å²) in [5.74, 6) is 1.95. The molecule has 0 aliphatic carbocycles. The highest BCUT2D eigenvalue weighted by atomic mass is 16.5. The number of carbonyl (C=O) groups is 2. The van der Waals surface area contributed by atoms with Crippen LogP contribution in [0.2, 0.25) is 0 Å². The van der Waals surface area contributed by atoms with Crippen molar-refractivity contribution in [3.05, 3.63) is 71.6 Å². The number of carbonyl (C=O) groups excluding carboxylic acids is 2. The number of fused-ring (bicyclic) bond motifs is 1. The molecule has 2 aliphatic heterocycles. The largest absolute Gasteiger partial charge is 0.486 e. The van der Waals surface area contributed by atoms with Gasteiger partial charge in [0.15, 0.2) is 12.2 Å². The van der Waals surface area contributed by atoms with E-state index < -0.39 is 6.10 Å². The van der Waals surface area contributed by atoms with E-state index in [2.05, 4.69) is 37.6 Å². The number of nitrogens with one attached hydrogen (secondary N) is 2. The van der Waals surface area contributed by atoms with Gasteiger partial charge in [-0.05, 0) is 54.7 Å². The Balaban J connectivity index is 1.05. The lowest BCUT2D eigenvalue weighted by Gasteiger charge is -2.32. The first-order chi connectivity index (χ1) is 19.4. The van der Waals surface area contributed by atoms with Gasteiger partial charge in [0, 0.05) is 64.0 Å². The predicted octanol–water partition coefficient (Wildman–Crippen LogP) is 2.22. The van der Waals surface area contributed by atoms with Crippen LogP contribution < -0.4 is 15.4 Å². The zero-order valence-corrected chi connectivity index (χ0v) is 22.7. The Morgan fingerprint density at radius 2 is 2.02 bits per heavy atom. The fourth-order valence-corrected chi connectivity index (χ4v) is 5.18. The molecule has 3 aromatic rings. The Morgan fingerprint density at radius 3 is 2.80 bits per heavy atom. The first-order valence-corrected chi connectivity index (χ1v) is 13.7. The predicted molar refractivity (Wildman–Crippen MR) is 148 cm³/mol. The lowest BCUT2D eigenvalue weighted by molar-refractivity contribution is -0.129. The van der Waals surface area contributed by atoms with Crippen LogP contribution in [0, 0.1) is 0 Å². The van der Waals surface area contributed by atoms with E-state index in [1.807, 2.05) is 11.0 Å². The van der Waals surface area contributed by atoms with E-state index in [1.165, 1.54) is 17.5 Å². The Bertz CT molecular complexity index is 1290. The molecule has 1 aromatic carbocycles. The van der Waals surface area contributed by atoms with Gasteiger partial charge in [0.05, 0.1) is 12.3 Å². The van der Waals surface area contributed by atoms with Crippen LogP contribution >= 0.6 is 0 Å². The third-order valence-electron chi connectivity index (χ3n) is 7.42. The molecule has 212 valence electrons. The molecule has 4 heterocycles. The summed E-state index contributed by atoms with van der Waals surface area (Å²) in [6.07, 6.45) is 6.47. The number of likely N-dealkylation sites (tertiary alicyclic amines) is 1. The molecule has 11 heteroatoms. The van der Waals surface area contributed by atoms with Gasteiger partial charge in [0.2, 0.25) is 5.91 Å². The highest BCUT2D eigenvalue weighted by Crippen LogP contribution is 2.24. The second-order valence-corrected chi connectivity index (χ2v) is 10.4. The van der Waals surface area contributed by atoms with Crippen molar-refractivity contribution in [2.75, 3.05) is 38.0 Å². The number of β-amino-alcohol motifs (C(OH)–C–C–N with tert-alkyl or cyclic N) is 1. The summed E-state index contributed by atoms with van der Waals surface area (Å²) < 4.78 is 11.0. The smallest absolute Gasteiger partial charge is 0.251 e. The summed E-state index contributed by atoms with van der Waals surface area (Å²) in [5.41, 5.74) is 2.93. The summed E-state index contributed by atoms with van der Waals surface area (Å²) in [6, 6.07) is 9.67. The van der Waals surface area contributed by atoms with Gasteiger partial charge in [0.1, 0.15) is 18.2 Å². The number of anilines is 1. The lowest BCUT2D eigenvalue weighted by Crippen LogP contribution is -2.42. The van der Waals surface area contributed by atoms with Gasteiger partial charge in [-0.1, -0.05) is 6.07 Å². The van der Waals surface area contributed by atoms with E-state index in [9.17, 15) is 14.7 Å². The van der Waals surface area contributed by atoms with Crippen molar-refractivity contribution in [3.63, 3.8) is 0 Å². The van der Waals surface area contributed by atoms with E-state index in [1.54, 1.807) is 31.5 Å². The van der Waals surface area contributed by atoms with Gasteiger partial charge in [-0.2, -0.15) is 0 Å². The van der Waals surface area contributed by atoms with E-state index >= 15 is 0 Å². The summed E-state index contributed by atoms with van der Waals surface area (Å²) in [7, 11) is 0. The van der Waals surface area contributed by atoms with Gasteiger partial charge >= 0.3 is 0 Å². The number of nitrogens with zero attached hydrogens (tertiary/aromatic N) is 4. The second kappa shape index (κ2) is 12.9. The minimum absolute atomic E-state index is 0.0994. The van der Waals surface area contributed by atoms with Crippen molar-refractivity contribution in [1.29, 1.82) is 0 Å². The molecule has 0 unspecified atom stereocenters. The van der Waals surface area contributed by atoms with E-state index in [-0.39, 0.29) is 24.4 Å². The maximum Gasteiger partial charge on any atom is 0.251 e. The molecule has 5 rings (SSSR count). The third kappa shape index (κ3) is 7.36. The number of hydrogen-bond donors (Lipinski definition) is 3. The van der Waals surface area contributed by atoms with Gasteiger partial charge in [-0.15, -0.1) is 0 Å². The van der Waals surface area contributed by atoms with Crippen LogP contribution in [-0.4, -0.2) is 81.6 Å². The third-order valence-corrected chi connectivity index (χ3v) is 7.42. The molecule has 2 aliphatic rings. The van der Waals surface area contributed by atoms with Crippen LogP contribution in [0.25, 0.3) is 0 Å². The molecule has 0 spiro atoms. The maximum absolute atomic E-state index is 12.8. The molecule has 3 N–H and O–H groups in total. The molecule has 2 aromatic heterocycles. The van der Waals surface area contributed by atoms with Crippen LogP contribution in [-0.2, 0) is 24.4 Å². The monoisotopic (exact) mass is 548 g/mol. The van der Waals surface area contributed by atoms with Crippen LogP contribution in [0.1, 0.15) is 47.0 Å². The highest BCUT2D eigenvalue weighted by Gasteiger charge is 2.22. The molecule has 11 nitrogen and oxygen atoms in total. The van der Waals surface area contributed by atoms with Crippen molar-refractivity contribution in [3.8, 4) is 5.75 Å². The maximum atomic E-state index is 12.8. The zero-order valence-electron chi connectivity index (χ0n) is 22.7. The van der Waals surface area contributed by atoms with Crippen LogP contribution in [0.5, 0.6) is 5.75 Å². The number of hydrogen-bond acceptors (Lipinski definition) is 9. The normalized spacial score (nSPS) is 16.7. The molecule has 1 atom stereocenters. The van der Waals surface area contributed by atoms with E-state index in [0.717, 1.165) is 38.1 Å². The minimum Gasteiger partial charge on any atom is -0.486 e. The second-order valence-electron chi connectivity index (χ2n) is 10.4. The zero-order chi connectivity index (χ0) is 27.9. The Labute approximate surface area is 233 Å². The average molecular weight is 549 g/mol. The number of benzene rings is 1. The summed E-state index contributed by atoms with van der Waals surface area (Å²) in [6.45, 7) is 5.52. The van der Waals surface area contributed by atoms with Crippen molar-refractivity contribution in [2.24, 2.45) is 0 Å². The van der Waals surface area contributed by atoms with E-state index in [4.69, 9.17) is 9.15 Å². The summed E-state index contributed by atoms with van der Waals surface area (Å²) >= 11 is 0. The number of aromatic nitrogens is 2. The van der Waals surface area contributed by atoms with Gasteiger partial charge in [-0.3, -0.25) is 14.5 Å². The Kier molecular flexibility index (Phi) is 8.92. The fraction of sp³-hybridized carbons (Fsp3) is 0.448. The Hall–Kier alpha value is -3.96. The van der Waals surface area contributed by atoms with E-state index in [0.29, 0.717) is 43.4 Å². The number of aliphatic hydroxyl groups excluding tert-OH is 1. The van der Waals surface area contributed by atoms with Crippen molar-refractivity contribution in [2.45, 2.75) is 51.5 Å². The number of piperidine rings is 1. The molecule has 0 bridgehead atoms. The SMILES string of the molecule is CC(=O)N1CCC(Nc2cc(C(=O)NC[C@H](O)CN3CCc4cc(OCc5cnco5)ccc4C3)ccn2)CC1. The molecule has 40 heavy (non-hydrogen) atoms. The average Bonchev–Trinajstić information content (AvgIpc) is 3.49. The number of amides is 2. The minimum atomic E-state index is -0.694. The number of rotatable bonds is 10. The van der Waals surface area contributed by atoms with Crippen molar-refractivity contribution in [1.82, 2.24) is 25.1 Å². The van der Waals surface area contributed by atoms with Gasteiger partial charge in [-0.25, -0.2) is 9.97 Å². The molecule has 0 radical (unpaired) electrons. The fourth-order valence-electron chi connectivity index (χ4n) is 5.18. The topological polar surface area (TPSA) is 133 Å². The lowest BCUT2D eigenvalue weighted by atomic mass is 9.99. The summed E-state index contributed by atoms with van der Waals surface area (Å²) in [5, 5.41) is 16.9. The van der Waals surface area contributed by atoms with Crippen LogP contribution in [0.15, 0.2) is 53.5 Å². The van der Waals surface area contributed by atoms with Gasteiger partial charge in [0.25, 0.3) is 5.91 Å². The van der Waals surface area contributed by atoms with Crippen LogP contribution in [0.3, 0.4) is 0 Å². The number of ether oxygens (including phenoxy) is 1. The highest BCUT2D eigenvalue weighted by molar-refractivity contribution is 5.94. The van der Waals surface area contributed by atoms with Gasteiger partial charge < -0.3 is 29.8 Å². The Morgan fingerprint density at radius 1 is 1.18 bits per heavy atom. The first-order valence-electron chi connectivity index (χ1n) is 13.7. The quantitative estimate of drug-likeness (QED) is 0.349. The molecule has 1 saturated heterocycles. The molecule has 0 saturated carbocycles. The molecular formula is C29H36N6O5. The molecule has 1 fully saturated rings.